The van der Waals surface area contributed by atoms with Crippen molar-refractivity contribution in [1.29, 1.82) is 5.26 Å². The number of benzene rings is 2. The minimum atomic E-state index is -3.68. The number of aromatic nitrogens is 1. The molecule has 0 unspecified atom stereocenters. The lowest BCUT2D eigenvalue weighted by molar-refractivity contribution is 0.0954. The molecular weight excluding hydrogens is 376 g/mol. The number of amides is 1. The Hall–Kier alpha value is -3.15. The van der Waals surface area contributed by atoms with Crippen molar-refractivity contribution in [3.8, 4) is 6.07 Å². The Bertz CT molecular complexity index is 1110. The van der Waals surface area contributed by atoms with Gasteiger partial charge in [0.1, 0.15) is 0 Å². The Balaban J connectivity index is 1.57. The maximum Gasteiger partial charge on any atom is 0.251 e. The maximum atomic E-state index is 12.3. The molecular formula is C20H20N4O3S. The van der Waals surface area contributed by atoms with Crippen LogP contribution in [0, 0.1) is 11.3 Å². The molecule has 8 heteroatoms. The lowest BCUT2D eigenvalue weighted by Crippen LogP contribution is -2.26. The van der Waals surface area contributed by atoms with Gasteiger partial charge in [0, 0.05) is 42.2 Å². The number of nitrogens with zero attached hydrogens (tertiary/aromatic N) is 1. The third-order valence-corrected chi connectivity index (χ3v) is 5.79. The van der Waals surface area contributed by atoms with E-state index in [0.29, 0.717) is 18.5 Å². The van der Waals surface area contributed by atoms with Gasteiger partial charge in [-0.25, -0.2) is 13.1 Å². The summed E-state index contributed by atoms with van der Waals surface area (Å²) in [7, 11) is -3.68. The second kappa shape index (κ2) is 8.69. The van der Waals surface area contributed by atoms with E-state index in [0.717, 1.165) is 16.5 Å². The average molecular weight is 396 g/mol. The summed E-state index contributed by atoms with van der Waals surface area (Å²) in [5.74, 6) is -0.263. The van der Waals surface area contributed by atoms with Crippen LogP contribution in [0.25, 0.3) is 10.9 Å². The number of rotatable bonds is 8. The third-order valence-electron chi connectivity index (χ3n) is 4.31. The Morgan fingerprint density at radius 1 is 1.07 bits per heavy atom. The largest absolute Gasteiger partial charge is 0.361 e. The Kier molecular flexibility index (Phi) is 6.09. The zero-order valence-electron chi connectivity index (χ0n) is 15.1. The van der Waals surface area contributed by atoms with Crippen molar-refractivity contribution < 1.29 is 13.2 Å². The smallest absolute Gasteiger partial charge is 0.251 e. The quantitative estimate of drug-likeness (QED) is 0.507. The van der Waals surface area contributed by atoms with Gasteiger partial charge in [-0.3, -0.25) is 4.79 Å². The van der Waals surface area contributed by atoms with Crippen LogP contribution in [0.5, 0.6) is 0 Å². The number of fused-ring (bicyclic) bond motifs is 1. The number of sulfonamides is 1. The highest BCUT2D eigenvalue weighted by Gasteiger charge is 2.14. The predicted molar refractivity (Wildman–Crippen MR) is 106 cm³/mol. The van der Waals surface area contributed by atoms with E-state index >= 15 is 0 Å². The lowest BCUT2D eigenvalue weighted by Gasteiger charge is -2.07. The molecule has 3 aromatic rings. The van der Waals surface area contributed by atoms with Crippen molar-refractivity contribution in [2.24, 2.45) is 0 Å². The molecule has 0 saturated carbocycles. The molecule has 144 valence electrons. The predicted octanol–water partition coefficient (Wildman–Crippen LogP) is 2.33. The van der Waals surface area contributed by atoms with Crippen molar-refractivity contribution in [1.82, 2.24) is 15.0 Å². The normalized spacial score (nSPS) is 11.2. The molecule has 1 amide bonds. The molecule has 0 saturated heterocycles. The summed E-state index contributed by atoms with van der Waals surface area (Å²) in [6, 6.07) is 15.6. The molecule has 0 aliphatic carbocycles. The number of carbonyl (C=O) groups is 1. The van der Waals surface area contributed by atoms with Gasteiger partial charge in [-0.2, -0.15) is 5.26 Å². The van der Waals surface area contributed by atoms with Crippen LogP contribution < -0.4 is 10.0 Å². The summed E-state index contributed by atoms with van der Waals surface area (Å²) in [6.45, 7) is 0.519. The first kappa shape index (κ1) is 19.6. The molecule has 0 aliphatic rings. The van der Waals surface area contributed by atoms with E-state index in [4.69, 9.17) is 5.26 Å². The summed E-state index contributed by atoms with van der Waals surface area (Å²) in [5.41, 5.74) is 2.57. The highest BCUT2D eigenvalue weighted by Crippen LogP contribution is 2.17. The van der Waals surface area contributed by atoms with E-state index in [9.17, 15) is 13.2 Å². The molecule has 28 heavy (non-hydrogen) atoms. The van der Waals surface area contributed by atoms with Gasteiger partial charge in [0.05, 0.1) is 11.0 Å². The molecule has 0 aliphatic heterocycles. The number of carbonyl (C=O) groups excluding carboxylic acids is 1. The molecule has 0 fully saturated rings. The number of hydrogen-bond donors (Lipinski definition) is 3. The average Bonchev–Trinajstić information content (AvgIpc) is 3.11. The van der Waals surface area contributed by atoms with Gasteiger partial charge < -0.3 is 10.3 Å². The summed E-state index contributed by atoms with van der Waals surface area (Å²) < 4.78 is 26.5. The molecule has 1 heterocycles. The van der Waals surface area contributed by atoms with Gasteiger partial charge in [0.2, 0.25) is 10.0 Å². The minimum Gasteiger partial charge on any atom is -0.361 e. The summed E-state index contributed by atoms with van der Waals surface area (Å²) in [4.78, 5) is 15.5. The standard InChI is InChI=1S/C20H20N4O3S/c21-11-3-12-24-28(26,27)17-8-6-15(7-9-17)20(25)22-13-10-16-14-23-19-5-2-1-4-18(16)19/h1-2,4-9,14,23-24H,3,10,12-13H2,(H,22,25). The molecule has 0 radical (unpaired) electrons. The fourth-order valence-electron chi connectivity index (χ4n) is 2.86. The van der Waals surface area contributed by atoms with Crippen LogP contribution in [0.1, 0.15) is 22.3 Å². The van der Waals surface area contributed by atoms with Gasteiger partial charge in [-0.05, 0) is 42.3 Å². The molecule has 3 N–H and O–H groups in total. The highest BCUT2D eigenvalue weighted by atomic mass is 32.2. The third kappa shape index (κ3) is 4.57. The number of nitriles is 1. The second-order valence-corrected chi connectivity index (χ2v) is 7.96. The monoisotopic (exact) mass is 396 g/mol. The van der Waals surface area contributed by atoms with E-state index in [-0.39, 0.29) is 23.8 Å². The van der Waals surface area contributed by atoms with Crippen molar-refractivity contribution in [3.05, 3.63) is 65.9 Å². The number of nitrogens with one attached hydrogen (secondary N) is 3. The molecule has 3 rings (SSSR count). The van der Waals surface area contributed by atoms with E-state index in [2.05, 4.69) is 15.0 Å². The van der Waals surface area contributed by atoms with Crippen molar-refractivity contribution in [2.75, 3.05) is 13.1 Å². The fraction of sp³-hybridized carbons (Fsp3) is 0.200. The first-order valence-electron chi connectivity index (χ1n) is 8.81. The number of aromatic amines is 1. The maximum absolute atomic E-state index is 12.3. The van der Waals surface area contributed by atoms with Crippen LogP contribution in [-0.2, 0) is 16.4 Å². The number of para-hydroxylation sites is 1. The summed E-state index contributed by atoms with van der Waals surface area (Å²) in [5, 5.41) is 12.5. The Morgan fingerprint density at radius 2 is 1.82 bits per heavy atom. The fourth-order valence-corrected chi connectivity index (χ4v) is 3.89. The van der Waals surface area contributed by atoms with Gasteiger partial charge in [0.25, 0.3) is 5.91 Å². The Morgan fingerprint density at radius 3 is 2.57 bits per heavy atom. The van der Waals surface area contributed by atoms with E-state index < -0.39 is 10.0 Å². The van der Waals surface area contributed by atoms with Crippen LogP contribution in [0.3, 0.4) is 0 Å². The summed E-state index contributed by atoms with van der Waals surface area (Å²) in [6.07, 6.45) is 2.72. The zero-order valence-corrected chi connectivity index (χ0v) is 15.9. The first-order valence-corrected chi connectivity index (χ1v) is 10.3. The number of H-pyrrole nitrogens is 1. The molecule has 2 aromatic carbocycles. The lowest BCUT2D eigenvalue weighted by atomic mass is 10.1. The molecule has 1 aromatic heterocycles. The van der Waals surface area contributed by atoms with E-state index in [1.807, 2.05) is 36.5 Å². The van der Waals surface area contributed by atoms with Crippen LogP contribution in [0.4, 0.5) is 0 Å². The SMILES string of the molecule is N#CCCNS(=O)(=O)c1ccc(C(=O)NCCc2c[nH]c3ccccc23)cc1. The first-order chi connectivity index (χ1) is 13.5. The van der Waals surface area contributed by atoms with Crippen molar-refractivity contribution in [3.63, 3.8) is 0 Å². The van der Waals surface area contributed by atoms with Crippen molar-refractivity contribution in [2.45, 2.75) is 17.7 Å². The van der Waals surface area contributed by atoms with Gasteiger partial charge in [-0.1, -0.05) is 18.2 Å². The van der Waals surface area contributed by atoms with E-state index in [1.54, 1.807) is 0 Å². The van der Waals surface area contributed by atoms with Crippen LogP contribution >= 0.6 is 0 Å². The molecule has 0 bridgehead atoms. The van der Waals surface area contributed by atoms with Crippen LogP contribution in [0.2, 0.25) is 0 Å². The second-order valence-electron chi connectivity index (χ2n) is 6.20. The number of hydrogen-bond acceptors (Lipinski definition) is 4. The van der Waals surface area contributed by atoms with Crippen LogP contribution in [-0.4, -0.2) is 32.4 Å². The molecule has 0 atom stereocenters. The molecule has 7 nitrogen and oxygen atoms in total. The van der Waals surface area contributed by atoms with Gasteiger partial charge >= 0.3 is 0 Å². The van der Waals surface area contributed by atoms with Gasteiger partial charge in [0.15, 0.2) is 0 Å². The minimum absolute atomic E-state index is 0.0505. The highest BCUT2D eigenvalue weighted by molar-refractivity contribution is 7.89. The zero-order chi connectivity index (χ0) is 20.0. The van der Waals surface area contributed by atoms with Crippen LogP contribution in [0.15, 0.2) is 59.6 Å². The van der Waals surface area contributed by atoms with E-state index in [1.165, 1.54) is 24.3 Å². The van der Waals surface area contributed by atoms with Gasteiger partial charge in [-0.15, -0.1) is 0 Å². The Labute approximate surface area is 163 Å². The summed E-state index contributed by atoms with van der Waals surface area (Å²) >= 11 is 0. The molecule has 0 spiro atoms. The van der Waals surface area contributed by atoms with Crippen molar-refractivity contribution >= 4 is 26.8 Å². The topological polar surface area (TPSA) is 115 Å².